The first-order valence-electron chi connectivity index (χ1n) is 9.03. The largest absolute Gasteiger partial charge is 0.348 e. The van der Waals surface area contributed by atoms with Gasteiger partial charge in [-0.1, -0.05) is 13.8 Å². The fourth-order valence-corrected chi connectivity index (χ4v) is 5.63. The fourth-order valence-electron chi connectivity index (χ4n) is 5.63. The summed E-state index contributed by atoms with van der Waals surface area (Å²) in [7, 11) is 0. The molecular weight excluding hydrogens is 280 g/mol. The van der Waals surface area contributed by atoms with E-state index in [1.54, 1.807) is 0 Å². The second-order valence-corrected chi connectivity index (χ2v) is 8.24. The molecule has 4 heteroatoms. The maximum absolute atomic E-state index is 6.09. The average Bonchev–Trinajstić information content (AvgIpc) is 3.15. The topological polar surface area (TPSA) is 36.9 Å². The molecule has 4 nitrogen and oxygen atoms in total. The number of ether oxygens (including phenoxy) is 4. The number of hydrogen-bond donors (Lipinski definition) is 0. The van der Waals surface area contributed by atoms with Crippen molar-refractivity contribution in [3.63, 3.8) is 0 Å². The SMILES string of the molecule is CC1C2CC(C3(C)OCCO3)CCC2(C)CCC12OCCO2. The van der Waals surface area contributed by atoms with Crippen molar-refractivity contribution in [2.75, 3.05) is 26.4 Å². The van der Waals surface area contributed by atoms with Gasteiger partial charge in [-0.2, -0.15) is 0 Å². The maximum atomic E-state index is 6.09. The minimum atomic E-state index is -0.372. The zero-order valence-electron chi connectivity index (χ0n) is 14.2. The van der Waals surface area contributed by atoms with Crippen LogP contribution >= 0.6 is 0 Å². The first-order chi connectivity index (χ1) is 10.5. The Labute approximate surface area is 133 Å². The minimum absolute atomic E-state index is 0.315. The lowest BCUT2D eigenvalue weighted by Gasteiger charge is -2.56. The molecule has 4 rings (SSSR count). The van der Waals surface area contributed by atoms with Gasteiger partial charge in [0.05, 0.1) is 26.4 Å². The van der Waals surface area contributed by atoms with Crippen LogP contribution in [0.25, 0.3) is 0 Å². The van der Waals surface area contributed by atoms with E-state index in [4.69, 9.17) is 18.9 Å². The summed E-state index contributed by atoms with van der Waals surface area (Å²) < 4.78 is 24.1. The van der Waals surface area contributed by atoms with E-state index in [0.29, 0.717) is 23.2 Å². The minimum Gasteiger partial charge on any atom is -0.348 e. The van der Waals surface area contributed by atoms with Crippen LogP contribution in [-0.4, -0.2) is 38.0 Å². The molecule has 0 amide bonds. The van der Waals surface area contributed by atoms with Gasteiger partial charge >= 0.3 is 0 Å². The van der Waals surface area contributed by atoms with Crippen LogP contribution in [0.4, 0.5) is 0 Å². The lowest BCUT2D eigenvalue weighted by molar-refractivity contribution is -0.262. The van der Waals surface area contributed by atoms with E-state index in [0.717, 1.165) is 32.8 Å². The van der Waals surface area contributed by atoms with Gasteiger partial charge in [-0.25, -0.2) is 0 Å². The van der Waals surface area contributed by atoms with E-state index in [-0.39, 0.29) is 11.6 Å². The molecule has 4 atom stereocenters. The van der Waals surface area contributed by atoms with Crippen LogP contribution in [0.2, 0.25) is 0 Å². The molecule has 126 valence electrons. The van der Waals surface area contributed by atoms with Crippen molar-refractivity contribution in [3.05, 3.63) is 0 Å². The smallest absolute Gasteiger partial charge is 0.171 e. The Hall–Kier alpha value is -0.160. The first-order valence-corrected chi connectivity index (χ1v) is 9.03. The fraction of sp³-hybridized carbons (Fsp3) is 1.00. The third-order valence-corrected chi connectivity index (χ3v) is 7.22. The van der Waals surface area contributed by atoms with E-state index in [2.05, 4.69) is 20.8 Å². The predicted octanol–water partition coefficient (Wildman–Crippen LogP) is 3.35. The molecule has 0 bridgehead atoms. The van der Waals surface area contributed by atoms with Crippen molar-refractivity contribution in [2.24, 2.45) is 23.2 Å². The van der Waals surface area contributed by atoms with Gasteiger partial charge in [0.2, 0.25) is 0 Å². The summed E-state index contributed by atoms with van der Waals surface area (Å²) in [5.41, 5.74) is 0.422. The van der Waals surface area contributed by atoms with Crippen molar-refractivity contribution in [1.29, 1.82) is 0 Å². The van der Waals surface area contributed by atoms with Crippen LogP contribution in [0, 0.1) is 23.2 Å². The Balaban J connectivity index is 1.56. The van der Waals surface area contributed by atoms with Gasteiger partial charge in [-0.05, 0) is 43.9 Å². The zero-order chi connectivity index (χ0) is 15.4. The van der Waals surface area contributed by atoms with Gasteiger partial charge in [-0.3, -0.25) is 0 Å². The molecule has 2 saturated carbocycles. The zero-order valence-corrected chi connectivity index (χ0v) is 14.2. The first kappa shape index (κ1) is 15.4. The molecule has 2 saturated heterocycles. The number of rotatable bonds is 1. The van der Waals surface area contributed by atoms with Crippen molar-refractivity contribution >= 4 is 0 Å². The maximum Gasteiger partial charge on any atom is 0.171 e. The Kier molecular flexibility index (Phi) is 3.61. The highest BCUT2D eigenvalue weighted by Crippen LogP contribution is 2.59. The van der Waals surface area contributed by atoms with Crippen LogP contribution in [0.15, 0.2) is 0 Å². The van der Waals surface area contributed by atoms with Crippen LogP contribution in [-0.2, 0) is 18.9 Å². The third kappa shape index (κ3) is 2.18. The average molecular weight is 310 g/mol. The molecule has 0 radical (unpaired) electrons. The van der Waals surface area contributed by atoms with Crippen LogP contribution in [0.3, 0.4) is 0 Å². The van der Waals surface area contributed by atoms with E-state index in [9.17, 15) is 0 Å². The van der Waals surface area contributed by atoms with Crippen LogP contribution in [0.5, 0.6) is 0 Å². The molecule has 0 aromatic carbocycles. The monoisotopic (exact) mass is 310 g/mol. The molecule has 0 N–H and O–H groups in total. The molecule has 2 heterocycles. The van der Waals surface area contributed by atoms with Gasteiger partial charge in [0.25, 0.3) is 0 Å². The highest BCUT2D eigenvalue weighted by Gasteiger charge is 2.58. The molecule has 4 aliphatic rings. The standard InChI is InChI=1S/C18H30O4/c1-13-15-12-14(17(3)19-8-9-20-17)4-5-16(15,2)6-7-18(13)21-10-11-22-18/h13-15H,4-12H2,1-3H3. The molecule has 1 spiro atoms. The van der Waals surface area contributed by atoms with Crippen molar-refractivity contribution < 1.29 is 18.9 Å². The second-order valence-electron chi connectivity index (χ2n) is 8.24. The summed E-state index contributed by atoms with van der Waals surface area (Å²) in [5.74, 6) is 0.879. The van der Waals surface area contributed by atoms with Gasteiger partial charge in [-0.15, -0.1) is 0 Å². The summed E-state index contributed by atoms with van der Waals surface area (Å²) in [6.07, 6.45) is 5.92. The Morgan fingerprint density at radius 1 is 0.818 bits per heavy atom. The Morgan fingerprint density at radius 3 is 2.14 bits per heavy atom. The summed E-state index contributed by atoms with van der Waals surface area (Å²) in [6.45, 7) is 9.93. The lowest BCUT2D eigenvalue weighted by atomic mass is 9.53. The van der Waals surface area contributed by atoms with Gasteiger partial charge in [0.15, 0.2) is 11.6 Å². The van der Waals surface area contributed by atoms with Crippen molar-refractivity contribution in [3.8, 4) is 0 Å². The van der Waals surface area contributed by atoms with E-state index in [1.165, 1.54) is 25.7 Å². The van der Waals surface area contributed by atoms with E-state index >= 15 is 0 Å². The molecule has 2 aliphatic carbocycles. The predicted molar refractivity (Wildman–Crippen MR) is 82.3 cm³/mol. The summed E-state index contributed by atoms with van der Waals surface area (Å²) >= 11 is 0. The number of fused-ring (bicyclic) bond motifs is 1. The van der Waals surface area contributed by atoms with Gasteiger partial charge in [0, 0.05) is 18.3 Å². The summed E-state index contributed by atoms with van der Waals surface area (Å²) in [5, 5.41) is 0. The molecule has 0 aromatic heterocycles. The molecule has 22 heavy (non-hydrogen) atoms. The van der Waals surface area contributed by atoms with Crippen molar-refractivity contribution in [1.82, 2.24) is 0 Å². The molecule has 0 aromatic rings. The van der Waals surface area contributed by atoms with E-state index in [1.807, 2.05) is 0 Å². The molecular formula is C18H30O4. The van der Waals surface area contributed by atoms with Crippen LogP contribution in [0.1, 0.15) is 52.9 Å². The summed E-state index contributed by atoms with van der Waals surface area (Å²) in [6, 6.07) is 0. The number of hydrogen-bond acceptors (Lipinski definition) is 4. The lowest BCUT2D eigenvalue weighted by Crippen LogP contribution is -2.55. The van der Waals surface area contributed by atoms with E-state index < -0.39 is 0 Å². The van der Waals surface area contributed by atoms with Gasteiger partial charge < -0.3 is 18.9 Å². The molecule has 4 unspecified atom stereocenters. The quantitative estimate of drug-likeness (QED) is 0.744. The summed E-state index contributed by atoms with van der Waals surface area (Å²) in [4.78, 5) is 0. The second kappa shape index (κ2) is 5.17. The highest BCUT2D eigenvalue weighted by atomic mass is 16.7. The Morgan fingerprint density at radius 2 is 1.45 bits per heavy atom. The van der Waals surface area contributed by atoms with Crippen molar-refractivity contribution in [2.45, 2.75) is 64.4 Å². The molecule has 2 aliphatic heterocycles. The normalized spacial score (nSPS) is 46.8. The Bertz CT molecular complexity index is 425. The van der Waals surface area contributed by atoms with Crippen LogP contribution < -0.4 is 0 Å². The molecule has 4 fully saturated rings. The third-order valence-electron chi connectivity index (χ3n) is 7.22. The highest BCUT2D eigenvalue weighted by molar-refractivity contribution is 5.03. The van der Waals surface area contributed by atoms with Gasteiger partial charge in [0.1, 0.15) is 0 Å².